The van der Waals surface area contributed by atoms with E-state index in [2.05, 4.69) is 17.2 Å². The second-order valence-corrected chi connectivity index (χ2v) is 10.6. The molecule has 11 nitrogen and oxygen atoms in total. The van der Waals surface area contributed by atoms with E-state index in [0.717, 1.165) is 6.08 Å². The van der Waals surface area contributed by atoms with Gasteiger partial charge in [-0.2, -0.15) is 0 Å². The van der Waals surface area contributed by atoms with Gasteiger partial charge in [0.1, 0.15) is 6.10 Å². The van der Waals surface area contributed by atoms with E-state index < -0.39 is 53.9 Å². The minimum Gasteiger partial charge on any atom is -0.439 e. The van der Waals surface area contributed by atoms with E-state index in [1.54, 1.807) is 45.1 Å². The smallest absolute Gasteiger partial charge is 0.405 e. The summed E-state index contributed by atoms with van der Waals surface area (Å²) in [5, 5.41) is 16.7. The zero-order valence-electron chi connectivity index (χ0n) is 25.1. The van der Waals surface area contributed by atoms with Crippen molar-refractivity contribution in [1.29, 1.82) is 0 Å². The molecular formula is C31H43N3O8. The Hall–Kier alpha value is -3.80. The molecule has 42 heavy (non-hydrogen) atoms. The molecule has 0 radical (unpaired) electrons. The molecular weight excluding hydrogens is 542 g/mol. The van der Waals surface area contributed by atoms with Crippen molar-refractivity contribution in [3.8, 4) is 0 Å². The molecule has 0 saturated heterocycles. The average Bonchev–Trinajstić information content (AvgIpc) is 2.94. The lowest BCUT2D eigenvalue weighted by atomic mass is 9.85. The lowest BCUT2D eigenvalue weighted by molar-refractivity contribution is -0.120. The Morgan fingerprint density at radius 2 is 1.90 bits per heavy atom. The third-order valence-corrected chi connectivity index (χ3v) is 7.22. The van der Waals surface area contributed by atoms with E-state index in [9.17, 15) is 24.3 Å². The molecule has 1 unspecified atom stereocenters. The van der Waals surface area contributed by atoms with Crippen LogP contribution in [0.3, 0.4) is 0 Å². The molecule has 1 heterocycles. The van der Waals surface area contributed by atoms with Crippen LogP contribution in [-0.2, 0) is 28.6 Å². The van der Waals surface area contributed by atoms with Gasteiger partial charge in [0.25, 0.3) is 5.91 Å². The van der Waals surface area contributed by atoms with Gasteiger partial charge in [-0.25, -0.2) is 4.79 Å². The number of nitrogens with two attached hydrogens (primary N) is 1. The van der Waals surface area contributed by atoms with Gasteiger partial charge in [-0.3, -0.25) is 14.4 Å². The highest BCUT2D eigenvalue weighted by Gasteiger charge is 2.33. The van der Waals surface area contributed by atoms with Crippen molar-refractivity contribution < 1.29 is 38.5 Å². The number of ketones is 2. The summed E-state index contributed by atoms with van der Waals surface area (Å²) < 4.78 is 16.6. The van der Waals surface area contributed by atoms with Crippen molar-refractivity contribution >= 4 is 23.6 Å². The van der Waals surface area contributed by atoms with Crippen LogP contribution < -0.4 is 16.4 Å². The molecule has 0 aromatic heterocycles. The van der Waals surface area contributed by atoms with Crippen molar-refractivity contribution in [2.45, 2.75) is 65.0 Å². The summed E-state index contributed by atoms with van der Waals surface area (Å²) in [5.41, 5.74) is 6.42. The monoisotopic (exact) mass is 585 g/mol. The predicted octanol–water partition coefficient (Wildman–Crippen LogP) is 2.54. The number of carbonyl (C=O) groups excluding carboxylic acids is 4. The van der Waals surface area contributed by atoms with Gasteiger partial charge in [0, 0.05) is 43.9 Å². The molecule has 0 aromatic rings. The van der Waals surface area contributed by atoms with Crippen LogP contribution in [-0.4, -0.2) is 73.9 Å². The topological polar surface area (TPSA) is 166 Å². The first-order chi connectivity index (χ1) is 19.8. The van der Waals surface area contributed by atoms with Crippen molar-refractivity contribution in [2.75, 3.05) is 20.8 Å². The zero-order valence-corrected chi connectivity index (χ0v) is 25.1. The number of methoxy groups -OCH3 is 2. The number of allylic oxidation sites excluding steroid dienone is 4. The minimum absolute atomic E-state index is 0.132. The van der Waals surface area contributed by atoms with Crippen LogP contribution in [0.25, 0.3) is 0 Å². The molecule has 11 heteroatoms. The summed E-state index contributed by atoms with van der Waals surface area (Å²) in [6.45, 7) is 10.9. The van der Waals surface area contributed by atoms with E-state index in [1.807, 2.05) is 6.92 Å². The Kier molecular flexibility index (Phi) is 13.1. The van der Waals surface area contributed by atoms with E-state index >= 15 is 0 Å². The molecule has 0 saturated carbocycles. The number of aliphatic hydroxyl groups is 1. The fraction of sp³-hybridized carbons (Fsp3) is 0.484. The summed E-state index contributed by atoms with van der Waals surface area (Å²) in [6.07, 6.45) is 5.34. The molecule has 230 valence electrons. The maximum Gasteiger partial charge on any atom is 0.405 e. The Morgan fingerprint density at radius 1 is 1.21 bits per heavy atom. The van der Waals surface area contributed by atoms with E-state index in [-0.39, 0.29) is 41.4 Å². The molecule has 1 aliphatic carbocycles. The number of ether oxygens (including phenoxy) is 3. The lowest BCUT2D eigenvalue weighted by Crippen LogP contribution is -2.37. The van der Waals surface area contributed by atoms with Crippen molar-refractivity contribution in [2.24, 2.45) is 17.6 Å². The van der Waals surface area contributed by atoms with Gasteiger partial charge < -0.3 is 35.7 Å². The highest BCUT2D eigenvalue weighted by atomic mass is 16.6. The van der Waals surface area contributed by atoms with Gasteiger partial charge in [-0.05, 0) is 38.2 Å². The number of hydrogen-bond acceptors (Lipinski definition) is 9. The van der Waals surface area contributed by atoms with Gasteiger partial charge >= 0.3 is 6.09 Å². The maximum absolute atomic E-state index is 13.5. The number of carbonyl (C=O) groups is 4. The molecule has 2 bridgehead atoms. The van der Waals surface area contributed by atoms with Gasteiger partial charge in [0.15, 0.2) is 6.10 Å². The predicted molar refractivity (Wildman–Crippen MR) is 158 cm³/mol. The first-order valence-electron chi connectivity index (χ1n) is 13.8. The van der Waals surface area contributed by atoms with Crippen molar-refractivity contribution in [1.82, 2.24) is 10.6 Å². The second-order valence-electron chi connectivity index (χ2n) is 10.6. The number of fused-ring (bicyclic) bond motifs is 2. The summed E-state index contributed by atoms with van der Waals surface area (Å²) in [6, 6.07) is 0. The van der Waals surface area contributed by atoms with Crippen LogP contribution in [0.4, 0.5) is 4.79 Å². The Balaban J connectivity index is 2.62. The molecule has 2 rings (SSSR count). The van der Waals surface area contributed by atoms with Crippen LogP contribution >= 0.6 is 0 Å². The standard InChI is InChI=1S/C31H43N3O8/c1-8-12-33-26-21-13-17(2)14-25(41-7)27(36)19(4)15-20(5)29(42-31(32)39)24(40-6)11-9-10-18(3)30(38)34-22(28(21)37)16-23(26)35/h8-11,15-17,19,24-25,27,29,33,36H,1,12-14H2,2-7H3,(H2,32,39)(H,34,38)/b11-9+,18-10+,20-15+/t17-,19+,24?,25+,27-,29+/m1/s1. The van der Waals surface area contributed by atoms with E-state index in [1.165, 1.54) is 20.3 Å². The molecule has 2 aliphatic rings. The zero-order chi connectivity index (χ0) is 31.6. The Bertz CT molecular complexity index is 1210. The summed E-state index contributed by atoms with van der Waals surface area (Å²) >= 11 is 0. The summed E-state index contributed by atoms with van der Waals surface area (Å²) in [4.78, 5) is 51.3. The van der Waals surface area contributed by atoms with Crippen LogP contribution in [0, 0.1) is 11.8 Å². The third kappa shape index (κ3) is 9.10. The first kappa shape index (κ1) is 34.4. The van der Waals surface area contributed by atoms with Crippen LogP contribution in [0.2, 0.25) is 0 Å². The minimum atomic E-state index is -1.00. The molecule has 0 aromatic carbocycles. The Morgan fingerprint density at radius 3 is 2.50 bits per heavy atom. The maximum atomic E-state index is 13.5. The number of rotatable bonds is 6. The summed E-state index contributed by atoms with van der Waals surface area (Å²) in [7, 11) is 2.92. The van der Waals surface area contributed by atoms with Crippen LogP contribution in [0.15, 0.2) is 71.1 Å². The normalized spacial score (nSPS) is 31.6. The van der Waals surface area contributed by atoms with E-state index in [0.29, 0.717) is 12.0 Å². The molecule has 5 N–H and O–H groups in total. The van der Waals surface area contributed by atoms with Gasteiger partial charge in [0.05, 0.1) is 23.6 Å². The SMILES string of the molecule is C=CCNC1=C2C[C@@H](C)C[C@H](OC)[C@H](O)[C@@H](C)/C=C(\C)[C@H](OC(N)=O)C(OC)/C=C/C=C(\C)C(=O)NC(=CC1=O)C2=O. The molecule has 2 amide bonds. The number of nitrogens with one attached hydrogen (secondary N) is 2. The van der Waals surface area contributed by atoms with Crippen molar-refractivity contribution in [3.63, 3.8) is 0 Å². The lowest BCUT2D eigenvalue weighted by Gasteiger charge is -2.30. The van der Waals surface area contributed by atoms with Crippen LogP contribution in [0.1, 0.15) is 40.5 Å². The highest BCUT2D eigenvalue weighted by Crippen LogP contribution is 2.28. The van der Waals surface area contributed by atoms with Crippen LogP contribution in [0.5, 0.6) is 0 Å². The number of primary amides is 1. The first-order valence-corrected chi connectivity index (χ1v) is 13.8. The van der Waals surface area contributed by atoms with E-state index in [4.69, 9.17) is 19.9 Å². The number of amides is 2. The third-order valence-electron chi connectivity index (χ3n) is 7.22. The number of aliphatic hydroxyl groups excluding tert-OH is 1. The van der Waals surface area contributed by atoms with Gasteiger partial charge in [0.2, 0.25) is 11.6 Å². The Labute approximate surface area is 247 Å². The molecule has 0 fully saturated rings. The van der Waals surface area contributed by atoms with Gasteiger partial charge in [-0.15, -0.1) is 6.58 Å². The number of Topliss-reactive ketones (excluding diaryl/α,β-unsaturated/α-hetero) is 1. The molecule has 1 aliphatic heterocycles. The molecule has 6 atom stereocenters. The fourth-order valence-electron chi connectivity index (χ4n) is 4.95. The molecule has 0 spiro atoms. The average molecular weight is 586 g/mol. The summed E-state index contributed by atoms with van der Waals surface area (Å²) in [5.74, 6) is -2.14. The fourth-order valence-corrected chi connectivity index (χ4v) is 4.95. The largest absolute Gasteiger partial charge is 0.439 e. The van der Waals surface area contributed by atoms with Gasteiger partial charge in [-0.1, -0.05) is 44.2 Å². The second kappa shape index (κ2) is 16.0. The quantitative estimate of drug-likeness (QED) is 0.271. The van der Waals surface area contributed by atoms with Crippen molar-refractivity contribution in [3.05, 3.63) is 71.1 Å². The number of hydrogen-bond donors (Lipinski definition) is 4. The highest BCUT2D eigenvalue weighted by molar-refractivity contribution is 6.23.